The maximum Gasteiger partial charge on any atom is 0.206 e. The molecule has 0 aliphatic heterocycles. The van der Waals surface area contributed by atoms with E-state index in [4.69, 9.17) is 14.9 Å². The lowest BCUT2D eigenvalue weighted by atomic mass is 10.1. The molecule has 0 spiro atoms. The lowest BCUT2D eigenvalue weighted by Crippen LogP contribution is -1.97. The van der Waals surface area contributed by atoms with Gasteiger partial charge in [-0.3, -0.25) is 0 Å². The van der Waals surface area contributed by atoms with Gasteiger partial charge in [-0.1, -0.05) is 6.07 Å². The molecule has 0 bridgehead atoms. The Morgan fingerprint density at radius 2 is 2.14 bits per heavy atom. The van der Waals surface area contributed by atoms with Crippen LogP contribution in [0.15, 0.2) is 12.1 Å². The van der Waals surface area contributed by atoms with Crippen molar-refractivity contribution >= 4 is 0 Å². The van der Waals surface area contributed by atoms with Crippen molar-refractivity contribution in [2.75, 3.05) is 13.7 Å². The Morgan fingerprint density at radius 3 is 2.71 bits per heavy atom. The van der Waals surface area contributed by atoms with Crippen LogP contribution in [0.25, 0.3) is 0 Å². The summed E-state index contributed by atoms with van der Waals surface area (Å²) in [7, 11) is 1.35. The van der Waals surface area contributed by atoms with Crippen molar-refractivity contribution in [1.29, 1.82) is 0 Å². The third kappa shape index (κ3) is 2.14. The van der Waals surface area contributed by atoms with Crippen LogP contribution in [0.2, 0.25) is 0 Å². The van der Waals surface area contributed by atoms with Gasteiger partial charge in [-0.05, 0) is 24.5 Å². The molecule has 0 saturated heterocycles. The molecule has 0 amide bonds. The van der Waals surface area contributed by atoms with Crippen LogP contribution in [0, 0.1) is 5.82 Å². The first kappa shape index (κ1) is 10.8. The summed E-state index contributed by atoms with van der Waals surface area (Å²) in [6.45, 7) is 0.0473. The van der Waals surface area contributed by atoms with E-state index in [1.807, 2.05) is 0 Å². The highest BCUT2D eigenvalue weighted by Crippen LogP contribution is 2.30. The molecule has 78 valence electrons. The molecule has 0 atom stereocenters. The molecule has 0 unspecified atom stereocenters. The molecule has 0 heterocycles. The van der Waals surface area contributed by atoms with Crippen LogP contribution < -0.4 is 4.74 Å². The van der Waals surface area contributed by atoms with E-state index in [0.717, 1.165) is 0 Å². The van der Waals surface area contributed by atoms with E-state index in [9.17, 15) is 4.39 Å². The van der Waals surface area contributed by atoms with E-state index < -0.39 is 11.6 Å². The lowest BCUT2D eigenvalue weighted by molar-refractivity contribution is 0.287. The van der Waals surface area contributed by atoms with E-state index in [1.165, 1.54) is 13.2 Å². The minimum Gasteiger partial charge on any atom is -0.505 e. The number of rotatable bonds is 4. The fourth-order valence-corrected chi connectivity index (χ4v) is 1.27. The van der Waals surface area contributed by atoms with Gasteiger partial charge in [-0.25, -0.2) is 0 Å². The predicted molar refractivity (Wildman–Crippen MR) is 50.0 cm³/mol. The summed E-state index contributed by atoms with van der Waals surface area (Å²) >= 11 is 0. The number of hydrogen-bond donors (Lipinski definition) is 2. The standard InChI is InChI=1S/C10H13FO3/c1-14-10-7(3-2-6-12)4-5-8(13)9(10)11/h4-5,12-13H,2-3,6H2,1H3. The zero-order valence-corrected chi connectivity index (χ0v) is 7.96. The normalized spacial score (nSPS) is 10.2. The molecular weight excluding hydrogens is 187 g/mol. The molecule has 0 radical (unpaired) electrons. The molecule has 1 aromatic rings. The van der Waals surface area contributed by atoms with Crippen LogP contribution in [0.1, 0.15) is 12.0 Å². The summed E-state index contributed by atoms with van der Waals surface area (Å²) in [4.78, 5) is 0. The number of phenolic OH excluding ortho intramolecular Hbond substituents is 1. The van der Waals surface area contributed by atoms with Crippen molar-refractivity contribution in [3.8, 4) is 11.5 Å². The molecule has 14 heavy (non-hydrogen) atoms. The third-order valence-electron chi connectivity index (χ3n) is 1.97. The second-order valence-corrected chi connectivity index (χ2v) is 2.92. The smallest absolute Gasteiger partial charge is 0.206 e. The fourth-order valence-electron chi connectivity index (χ4n) is 1.27. The van der Waals surface area contributed by atoms with Crippen molar-refractivity contribution < 1.29 is 19.3 Å². The summed E-state index contributed by atoms with van der Waals surface area (Å²) in [5, 5.41) is 17.7. The van der Waals surface area contributed by atoms with Crippen LogP contribution in [0.5, 0.6) is 11.5 Å². The van der Waals surface area contributed by atoms with Crippen LogP contribution in [0.4, 0.5) is 4.39 Å². The van der Waals surface area contributed by atoms with Crippen LogP contribution >= 0.6 is 0 Å². The fraction of sp³-hybridized carbons (Fsp3) is 0.400. The van der Waals surface area contributed by atoms with Crippen LogP contribution in [-0.2, 0) is 6.42 Å². The first-order valence-electron chi connectivity index (χ1n) is 4.36. The lowest BCUT2D eigenvalue weighted by Gasteiger charge is -2.09. The Kier molecular flexibility index (Phi) is 3.71. The van der Waals surface area contributed by atoms with Gasteiger partial charge in [0.05, 0.1) is 7.11 Å². The SMILES string of the molecule is COc1c(CCCO)ccc(O)c1F. The molecule has 3 nitrogen and oxygen atoms in total. The van der Waals surface area contributed by atoms with Gasteiger partial charge in [0.25, 0.3) is 0 Å². The number of hydrogen-bond acceptors (Lipinski definition) is 3. The second-order valence-electron chi connectivity index (χ2n) is 2.92. The molecule has 1 rings (SSSR count). The highest BCUT2D eigenvalue weighted by atomic mass is 19.1. The van der Waals surface area contributed by atoms with Gasteiger partial charge in [0.1, 0.15) is 0 Å². The summed E-state index contributed by atoms with van der Waals surface area (Å²) in [5.74, 6) is -1.11. The Hall–Kier alpha value is -1.29. The van der Waals surface area contributed by atoms with Gasteiger partial charge >= 0.3 is 0 Å². The molecule has 0 aromatic heterocycles. The van der Waals surface area contributed by atoms with Crippen molar-refractivity contribution in [1.82, 2.24) is 0 Å². The number of aryl methyl sites for hydroxylation is 1. The number of aliphatic hydroxyl groups excluding tert-OH is 1. The number of halogens is 1. The van der Waals surface area contributed by atoms with Crippen molar-refractivity contribution in [2.45, 2.75) is 12.8 Å². The molecule has 0 aliphatic rings. The van der Waals surface area contributed by atoms with Crippen molar-refractivity contribution in [3.05, 3.63) is 23.5 Å². The number of aromatic hydroxyl groups is 1. The number of methoxy groups -OCH3 is 1. The van der Waals surface area contributed by atoms with Gasteiger partial charge in [0.2, 0.25) is 5.82 Å². The van der Waals surface area contributed by atoms with E-state index in [-0.39, 0.29) is 12.4 Å². The summed E-state index contributed by atoms with van der Waals surface area (Å²) in [6.07, 6.45) is 1.07. The number of aliphatic hydroxyl groups is 1. The van der Waals surface area contributed by atoms with Crippen molar-refractivity contribution in [2.24, 2.45) is 0 Å². The molecular formula is C10H13FO3. The topological polar surface area (TPSA) is 49.7 Å². The third-order valence-corrected chi connectivity index (χ3v) is 1.97. The van der Waals surface area contributed by atoms with Gasteiger partial charge < -0.3 is 14.9 Å². The number of ether oxygens (including phenoxy) is 1. The van der Waals surface area contributed by atoms with Crippen LogP contribution in [-0.4, -0.2) is 23.9 Å². The van der Waals surface area contributed by atoms with Crippen LogP contribution in [0.3, 0.4) is 0 Å². The summed E-state index contributed by atoms with van der Waals surface area (Å²) in [6, 6.07) is 2.87. The molecule has 4 heteroatoms. The van der Waals surface area contributed by atoms with E-state index >= 15 is 0 Å². The highest BCUT2D eigenvalue weighted by Gasteiger charge is 2.12. The van der Waals surface area contributed by atoms with Gasteiger partial charge in [-0.15, -0.1) is 0 Å². The Bertz CT molecular complexity index is 312. The van der Waals surface area contributed by atoms with Gasteiger partial charge in [0.15, 0.2) is 11.5 Å². The average molecular weight is 200 g/mol. The van der Waals surface area contributed by atoms with E-state index in [2.05, 4.69) is 0 Å². The van der Waals surface area contributed by atoms with E-state index in [0.29, 0.717) is 18.4 Å². The maximum atomic E-state index is 13.3. The molecule has 0 saturated carbocycles. The van der Waals surface area contributed by atoms with Crippen molar-refractivity contribution in [3.63, 3.8) is 0 Å². The number of benzene rings is 1. The minimum atomic E-state index is -0.747. The Labute approximate surface area is 81.8 Å². The first-order valence-corrected chi connectivity index (χ1v) is 4.36. The Balaban J connectivity index is 2.98. The minimum absolute atomic E-state index is 0.0473. The summed E-state index contributed by atoms with van der Waals surface area (Å²) in [5.41, 5.74) is 0.650. The van der Waals surface area contributed by atoms with E-state index in [1.54, 1.807) is 6.07 Å². The zero-order valence-electron chi connectivity index (χ0n) is 7.96. The molecule has 1 aromatic carbocycles. The predicted octanol–water partition coefficient (Wildman–Crippen LogP) is 1.46. The second kappa shape index (κ2) is 4.81. The van der Waals surface area contributed by atoms with Gasteiger partial charge in [-0.2, -0.15) is 4.39 Å². The quantitative estimate of drug-likeness (QED) is 0.773. The maximum absolute atomic E-state index is 13.3. The van der Waals surface area contributed by atoms with Gasteiger partial charge in [0, 0.05) is 6.61 Å². The molecule has 2 N–H and O–H groups in total. The highest BCUT2D eigenvalue weighted by molar-refractivity contribution is 5.42. The average Bonchev–Trinajstić information content (AvgIpc) is 2.20. The summed E-state index contributed by atoms with van der Waals surface area (Å²) < 4.78 is 18.1. The monoisotopic (exact) mass is 200 g/mol. The molecule has 0 aliphatic carbocycles. The zero-order chi connectivity index (χ0) is 10.6. The largest absolute Gasteiger partial charge is 0.505 e. The first-order chi connectivity index (χ1) is 6.70. The Morgan fingerprint density at radius 1 is 1.43 bits per heavy atom. The molecule has 0 fully saturated rings. The number of phenols is 1.